The Balaban J connectivity index is 1.72. The van der Waals surface area contributed by atoms with Gasteiger partial charge in [0.05, 0.1) is 12.0 Å². The third kappa shape index (κ3) is 4.60. The predicted molar refractivity (Wildman–Crippen MR) is 83.7 cm³/mol. The van der Waals surface area contributed by atoms with Crippen molar-refractivity contribution in [1.82, 2.24) is 19.8 Å². The molecule has 1 saturated heterocycles. The number of hydrogen-bond acceptors (Lipinski definition) is 3. The average molecular weight is 278 g/mol. The van der Waals surface area contributed by atoms with Crippen molar-refractivity contribution in [3.63, 3.8) is 0 Å². The minimum Gasteiger partial charge on any atom is -0.333 e. The third-order valence-electron chi connectivity index (χ3n) is 4.32. The van der Waals surface area contributed by atoms with Crippen LogP contribution in [0.15, 0.2) is 12.5 Å². The molecule has 2 rings (SSSR count). The first-order chi connectivity index (χ1) is 9.81. The van der Waals surface area contributed by atoms with Gasteiger partial charge in [0.15, 0.2) is 0 Å². The van der Waals surface area contributed by atoms with Crippen molar-refractivity contribution in [1.29, 1.82) is 0 Å². The van der Waals surface area contributed by atoms with Crippen LogP contribution in [-0.2, 0) is 13.1 Å². The van der Waals surface area contributed by atoms with Crippen molar-refractivity contribution >= 4 is 0 Å². The second-order valence-electron chi connectivity index (χ2n) is 5.99. The van der Waals surface area contributed by atoms with Gasteiger partial charge in [-0.25, -0.2) is 4.98 Å². The van der Waals surface area contributed by atoms with Gasteiger partial charge in [-0.2, -0.15) is 0 Å². The second-order valence-corrected chi connectivity index (χ2v) is 5.99. The highest BCUT2D eigenvalue weighted by molar-refractivity contribution is 4.97. The topological polar surface area (TPSA) is 33.1 Å². The predicted octanol–water partition coefficient (Wildman–Crippen LogP) is 2.65. The van der Waals surface area contributed by atoms with Gasteiger partial charge >= 0.3 is 0 Å². The molecule has 0 aromatic carbocycles. The van der Waals surface area contributed by atoms with E-state index < -0.39 is 0 Å². The first-order valence-electron chi connectivity index (χ1n) is 8.25. The van der Waals surface area contributed by atoms with E-state index in [0.717, 1.165) is 25.7 Å². The van der Waals surface area contributed by atoms with Crippen molar-refractivity contribution in [2.75, 3.05) is 19.6 Å². The summed E-state index contributed by atoms with van der Waals surface area (Å²) in [6, 6.07) is 0.775. The summed E-state index contributed by atoms with van der Waals surface area (Å²) < 4.78 is 2.30. The molecule has 4 heteroatoms. The van der Waals surface area contributed by atoms with E-state index in [2.05, 4.69) is 33.6 Å². The molecule has 114 valence electrons. The lowest BCUT2D eigenvalue weighted by atomic mass is 10.0. The molecule has 1 atom stereocenters. The van der Waals surface area contributed by atoms with E-state index in [1.54, 1.807) is 0 Å². The fourth-order valence-electron chi connectivity index (χ4n) is 3.02. The number of likely N-dealkylation sites (tertiary alicyclic amines) is 1. The SMILES string of the molecule is CCCNCc1cncn1CCCN1CCCCC1C. The van der Waals surface area contributed by atoms with E-state index >= 15 is 0 Å². The summed E-state index contributed by atoms with van der Waals surface area (Å²) in [4.78, 5) is 6.94. The van der Waals surface area contributed by atoms with Crippen molar-refractivity contribution in [3.05, 3.63) is 18.2 Å². The standard InChI is InChI=1S/C16H30N4/c1-3-8-17-12-16-13-18-14-20(16)11-6-10-19-9-5-4-7-15(19)2/h13-15,17H,3-12H2,1-2H3. The summed E-state index contributed by atoms with van der Waals surface area (Å²) in [7, 11) is 0. The zero-order valence-corrected chi connectivity index (χ0v) is 13.1. The van der Waals surface area contributed by atoms with Gasteiger partial charge in [0.25, 0.3) is 0 Å². The third-order valence-corrected chi connectivity index (χ3v) is 4.32. The minimum atomic E-state index is 0.775. The Bertz CT molecular complexity index is 374. The van der Waals surface area contributed by atoms with Crippen LogP contribution in [0.5, 0.6) is 0 Å². The van der Waals surface area contributed by atoms with Gasteiger partial charge in [0.1, 0.15) is 0 Å². The van der Waals surface area contributed by atoms with Crippen molar-refractivity contribution in [2.24, 2.45) is 0 Å². The van der Waals surface area contributed by atoms with Crippen molar-refractivity contribution in [2.45, 2.75) is 65.1 Å². The number of imidazole rings is 1. The second kappa shape index (κ2) is 8.42. The summed E-state index contributed by atoms with van der Waals surface area (Å²) in [5.41, 5.74) is 1.31. The van der Waals surface area contributed by atoms with E-state index in [4.69, 9.17) is 0 Å². The largest absolute Gasteiger partial charge is 0.333 e. The Kier molecular flexibility index (Phi) is 6.54. The van der Waals surface area contributed by atoms with Crippen LogP contribution >= 0.6 is 0 Å². The van der Waals surface area contributed by atoms with Crippen LogP contribution in [0, 0.1) is 0 Å². The molecule has 0 saturated carbocycles. The zero-order valence-electron chi connectivity index (χ0n) is 13.1. The number of rotatable bonds is 8. The summed E-state index contributed by atoms with van der Waals surface area (Å²) >= 11 is 0. The molecule has 20 heavy (non-hydrogen) atoms. The molecule has 2 heterocycles. The summed E-state index contributed by atoms with van der Waals surface area (Å²) in [6.45, 7) is 10.2. The maximum Gasteiger partial charge on any atom is 0.0948 e. The van der Waals surface area contributed by atoms with E-state index in [9.17, 15) is 0 Å². The Morgan fingerprint density at radius 3 is 3.05 bits per heavy atom. The fourth-order valence-corrected chi connectivity index (χ4v) is 3.02. The van der Waals surface area contributed by atoms with Crippen molar-refractivity contribution < 1.29 is 0 Å². The van der Waals surface area contributed by atoms with E-state index in [0.29, 0.717) is 0 Å². The molecular formula is C16H30N4. The molecule has 1 aliphatic rings. The number of hydrogen-bond donors (Lipinski definition) is 1. The molecule has 0 aliphatic carbocycles. The van der Waals surface area contributed by atoms with E-state index in [1.165, 1.54) is 50.9 Å². The first-order valence-corrected chi connectivity index (χ1v) is 8.25. The lowest BCUT2D eigenvalue weighted by molar-refractivity contribution is 0.156. The van der Waals surface area contributed by atoms with Gasteiger partial charge in [0.2, 0.25) is 0 Å². The van der Waals surface area contributed by atoms with Gasteiger partial charge in [-0.15, -0.1) is 0 Å². The lowest BCUT2D eigenvalue weighted by Crippen LogP contribution is -2.38. The molecule has 1 aromatic heterocycles. The molecule has 1 N–H and O–H groups in total. The molecule has 1 unspecified atom stereocenters. The van der Waals surface area contributed by atoms with Crippen LogP contribution in [0.2, 0.25) is 0 Å². The smallest absolute Gasteiger partial charge is 0.0948 e. The number of aromatic nitrogens is 2. The Morgan fingerprint density at radius 1 is 1.35 bits per heavy atom. The fraction of sp³-hybridized carbons (Fsp3) is 0.812. The van der Waals surface area contributed by atoms with Crippen LogP contribution in [0.1, 0.15) is 51.6 Å². The minimum absolute atomic E-state index is 0.775. The van der Waals surface area contributed by atoms with Gasteiger partial charge in [-0.05, 0) is 45.7 Å². The summed E-state index contributed by atoms with van der Waals surface area (Å²) in [5.74, 6) is 0. The number of aryl methyl sites for hydroxylation is 1. The number of nitrogens with one attached hydrogen (secondary N) is 1. The molecule has 1 fully saturated rings. The zero-order chi connectivity index (χ0) is 14.2. The molecule has 0 spiro atoms. The highest BCUT2D eigenvalue weighted by Crippen LogP contribution is 2.16. The maximum absolute atomic E-state index is 4.29. The van der Waals surface area contributed by atoms with Crippen molar-refractivity contribution in [3.8, 4) is 0 Å². The van der Waals surface area contributed by atoms with Gasteiger partial charge in [0, 0.05) is 31.9 Å². The summed E-state index contributed by atoms with van der Waals surface area (Å²) in [6.07, 6.45) is 10.5. The van der Waals surface area contributed by atoms with Gasteiger partial charge in [-0.3, -0.25) is 0 Å². The van der Waals surface area contributed by atoms with Gasteiger partial charge < -0.3 is 14.8 Å². The van der Waals surface area contributed by atoms with E-state index in [-0.39, 0.29) is 0 Å². The average Bonchev–Trinajstić information content (AvgIpc) is 2.89. The first kappa shape index (κ1) is 15.5. The van der Waals surface area contributed by atoms with Gasteiger partial charge in [-0.1, -0.05) is 13.3 Å². The molecule has 1 aromatic rings. The monoisotopic (exact) mass is 278 g/mol. The molecule has 4 nitrogen and oxygen atoms in total. The summed E-state index contributed by atoms with van der Waals surface area (Å²) in [5, 5.41) is 3.45. The molecule has 0 radical (unpaired) electrons. The van der Waals surface area contributed by atoms with E-state index in [1.807, 2.05) is 12.5 Å². The Morgan fingerprint density at radius 2 is 2.25 bits per heavy atom. The number of nitrogens with zero attached hydrogens (tertiary/aromatic N) is 3. The molecule has 0 amide bonds. The van der Waals surface area contributed by atoms with Crippen LogP contribution < -0.4 is 5.32 Å². The number of piperidine rings is 1. The van der Waals surface area contributed by atoms with Crippen LogP contribution in [-0.4, -0.2) is 40.1 Å². The molecular weight excluding hydrogens is 248 g/mol. The quantitative estimate of drug-likeness (QED) is 0.742. The maximum atomic E-state index is 4.29. The highest BCUT2D eigenvalue weighted by Gasteiger charge is 2.17. The van der Waals surface area contributed by atoms with Crippen LogP contribution in [0.4, 0.5) is 0 Å². The van der Waals surface area contributed by atoms with Crippen LogP contribution in [0.25, 0.3) is 0 Å². The molecule has 0 bridgehead atoms. The normalized spacial score (nSPS) is 20.4. The Hall–Kier alpha value is -0.870. The highest BCUT2D eigenvalue weighted by atomic mass is 15.2. The van der Waals surface area contributed by atoms with Crippen LogP contribution in [0.3, 0.4) is 0 Å². The lowest BCUT2D eigenvalue weighted by Gasteiger charge is -2.33. The molecule has 1 aliphatic heterocycles. The Labute approximate surface area is 123 Å².